The average molecular weight is 386 g/mol. The van der Waals surface area contributed by atoms with Gasteiger partial charge in [0.05, 0.1) is 6.54 Å². The van der Waals surface area contributed by atoms with Crippen LogP contribution in [0.1, 0.15) is 11.1 Å². The Morgan fingerprint density at radius 2 is 1.78 bits per heavy atom. The van der Waals surface area contributed by atoms with Gasteiger partial charge in [0.1, 0.15) is 11.4 Å². The molecule has 1 aliphatic rings. The first-order chi connectivity index (χ1) is 12.9. The summed E-state index contributed by atoms with van der Waals surface area (Å²) in [6, 6.07) is 13.1. The van der Waals surface area contributed by atoms with Crippen molar-refractivity contribution < 1.29 is 19.1 Å². The van der Waals surface area contributed by atoms with Gasteiger partial charge in [-0.2, -0.15) is 0 Å². The van der Waals surface area contributed by atoms with Crippen molar-refractivity contribution in [2.75, 3.05) is 6.61 Å². The molecule has 7 nitrogen and oxygen atoms in total. The molecule has 0 unspecified atom stereocenters. The first kappa shape index (κ1) is 18.5. The maximum absolute atomic E-state index is 12.5. The van der Waals surface area contributed by atoms with Crippen molar-refractivity contribution in [3.05, 3.63) is 70.4 Å². The number of carbonyl (C=O) groups is 3. The van der Waals surface area contributed by atoms with Gasteiger partial charge < -0.3 is 15.8 Å². The Kier molecular flexibility index (Phi) is 5.42. The topological polar surface area (TPSA) is 102 Å². The number of benzene rings is 2. The molecular weight excluding hydrogens is 370 g/mol. The summed E-state index contributed by atoms with van der Waals surface area (Å²) >= 11 is 5.84. The number of ether oxygens (including phenoxy) is 1. The number of hydrogen-bond donors (Lipinski definition) is 2. The number of hydrogen-bond acceptors (Lipinski definition) is 4. The summed E-state index contributed by atoms with van der Waals surface area (Å²) in [5, 5.41) is 3.15. The standard InChI is InChI=1S/C19H16ClN3O4/c20-14-5-1-13(2-6-14)10-23-18(25)16(22-19(23)26)9-12-3-7-15(8-4-12)27-11-17(21)24/h1-9H,10-11H2,(H2,21,24)(H,22,26)/b16-9-. The minimum absolute atomic E-state index is 0.152. The fraction of sp³-hybridized carbons (Fsp3) is 0.105. The van der Waals surface area contributed by atoms with Crippen LogP contribution in [0.15, 0.2) is 54.2 Å². The zero-order chi connectivity index (χ0) is 19.4. The molecule has 1 heterocycles. The van der Waals surface area contributed by atoms with Gasteiger partial charge in [-0.3, -0.25) is 14.5 Å². The molecule has 4 amide bonds. The molecule has 0 atom stereocenters. The first-order valence-electron chi connectivity index (χ1n) is 8.02. The van der Waals surface area contributed by atoms with Crippen LogP contribution in [0, 0.1) is 0 Å². The van der Waals surface area contributed by atoms with Crippen LogP contribution in [0.2, 0.25) is 5.02 Å². The Morgan fingerprint density at radius 3 is 2.41 bits per heavy atom. The highest BCUT2D eigenvalue weighted by molar-refractivity contribution is 6.30. The Bertz CT molecular complexity index is 908. The molecule has 1 saturated heterocycles. The van der Waals surface area contributed by atoms with E-state index in [1.165, 1.54) is 0 Å². The maximum atomic E-state index is 12.5. The van der Waals surface area contributed by atoms with E-state index in [2.05, 4.69) is 5.32 Å². The lowest BCUT2D eigenvalue weighted by Gasteiger charge is -2.11. The molecule has 138 valence electrons. The van der Waals surface area contributed by atoms with Gasteiger partial charge in [0, 0.05) is 5.02 Å². The highest BCUT2D eigenvalue weighted by Crippen LogP contribution is 2.19. The summed E-state index contributed by atoms with van der Waals surface area (Å²) in [5.74, 6) is -0.507. The highest BCUT2D eigenvalue weighted by atomic mass is 35.5. The van der Waals surface area contributed by atoms with Crippen LogP contribution in [0.25, 0.3) is 6.08 Å². The molecule has 0 aliphatic carbocycles. The summed E-state index contributed by atoms with van der Waals surface area (Å²) in [7, 11) is 0. The van der Waals surface area contributed by atoms with Gasteiger partial charge in [0.25, 0.3) is 11.8 Å². The molecule has 8 heteroatoms. The first-order valence-corrected chi connectivity index (χ1v) is 8.40. The molecule has 2 aromatic rings. The van der Waals surface area contributed by atoms with Crippen LogP contribution in [0.5, 0.6) is 5.75 Å². The highest BCUT2D eigenvalue weighted by Gasteiger charge is 2.33. The van der Waals surface area contributed by atoms with E-state index in [4.69, 9.17) is 22.1 Å². The molecule has 27 heavy (non-hydrogen) atoms. The fourth-order valence-corrected chi connectivity index (χ4v) is 2.59. The van der Waals surface area contributed by atoms with Crippen molar-refractivity contribution in [3.63, 3.8) is 0 Å². The van der Waals surface area contributed by atoms with Crippen molar-refractivity contribution in [2.45, 2.75) is 6.54 Å². The number of nitrogens with zero attached hydrogens (tertiary/aromatic N) is 1. The van der Waals surface area contributed by atoms with Gasteiger partial charge in [-0.05, 0) is 41.5 Å². The van der Waals surface area contributed by atoms with E-state index in [1.54, 1.807) is 54.6 Å². The Balaban J connectivity index is 1.70. The normalized spacial score (nSPS) is 15.1. The molecule has 0 aromatic heterocycles. The number of halogens is 1. The van der Waals surface area contributed by atoms with Crippen LogP contribution in [0.4, 0.5) is 4.79 Å². The maximum Gasteiger partial charge on any atom is 0.329 e. The van der Waals surface area contributed by atoms with Crippen LogP contribution in [-0.2, 0) is 16.1 Å². The largest absolute Gasteiger partial charge is 0.484 e. The molecule has 3 rings (SSSR count). The molecule has 0 radical (unpaired) electrons. The third-order valence-electron chi connectivity index (χ3n) is 3.79. The van der Waals surface area contributed by atoms with Crippen molar-refractivity contribution in [1.82, 2.24) is 10.2 Å². The number of nitrogens with one attached hydrogen (secondary N) is 1. The van der Waals surface area contributed by atoms with Gasteiger partial charge in [0.15, 0.2) is 6.61 Å². The zero-order valence-electron chi connectivity index (χ0n) is 14.1. The lowest BCUT2D eigenvalue weighted by molar-refractivity contribution is -0.123. The lowest BCUT2D eigenvalue weighted by Crippen LogP contribution is -2.30. The van der Waals surface area contributed by atoms with Gasteiger partial charge in [-0.15, -0.1) is 0 Å². The second-order valence-corrected chi connectivity index (χ2v) is 6.27. The van der Waals surface area contributed by atoms with E-state index in [9.17, 15) is 14.4 Å². The van der Waals surface area contributed by atoms with Crippen LogP contribution < -0.4 is 15.8 Å². The summed E-state index contributed by atoms with van der Waals surface area (Å²) in [4.78, 5) is 36.5. The third-order valence-corrected chi connectivity index (χ3v) is 4.04. The summed E-state index contributed by atoms with van der Waals surface area (Å²) in [5.41, 5.74) is 6.69. The third kappa shape index (κ3) is 4.65. The molecule has 0 spiro atoms. The van der Waals surface area contributed by atoms with Crippen molar-refractivity contribution >= 4 is 35.5 Å². The molecule has 2 aromatic carbocycles. The van der Waals surface area contributed by atoms with Gasteiger partial charge >= 0.3 is 6.03 Å². The second kappa shape index (κ2) is 7.92. The van der Waals surface area contributed by atoms with Crippen LogP contribution >= 0.6 is 11.6 Å². The fourth-order valence-electron chi connectivity index (χ4n) is 2.47. The number of rotatable bonds is 6. The lowest BCUT2D eigenvalue weighted by atomic mass is 10.1. The van der Waals surface area contributed by atoms with Gasteiger partial charge in [-0.1, -0.05) is 35.9 Å². The van der Waals surface area contributed by atoms with Crippen molar-refractivity contribution in [3.8, 4) is 5.75 Å². The van der Waals surface area contributed by atoms with Gasteiger partial charge in [0.2, 0.25) is 0 Å². The zero-order valence-corrected chi connectivity index (χ0v) is 14.9. The van der Waals surface area contributed by atoms with Crippen LogP contribution in [-0.4, -0.2) is 29.4 Å². The Morgan fingerprint density at radius 1 is 1.11 bits per heavy atom. The predicted molar refractivity (Wildman–Crippen MR) is 99.6 cm³/mol. The van der Waals surface area contributed by atoms with E-state index < -0.39 is 17.8 Å². The summed E-state index contributed by atoms with van der Waals surface area (Å²) < 4.78 is 5.17. The molecule has 1 fully saturated rings. The summed E-state index contributed by atoms with van der Waals surface area (Å²) in [6.45, 7) is -0.0618. The SMILES string of the molecule is NC(=O)COc1ccc(/C=C2\NC(=O)N(Cc3ccc(Cl)cc3)C2=O)cc1. The van der Waals surface area contributed by atoms with E-state index >= 15 is 0 Å². The van der Waals surface area contributed by atoms with Crippen molar-refractivity contribution in [2.24, 2.45) is 5.73 Å². The smallest absolute Gasteiger partial charge is 0.329 e. The summed E-state index contributed by atoms with van der Waals surface area (Å²) in [6.07, 6.45) is 1.57. The minimum Gasteiger partial charge on any atom is -0.484 e. The number of amides is 4. The minimum atomic E-state index is -0.568. The monoisotopic (exact) mass is 385 g/mol. The molecular formula is C19H16ClN3O4. The number of nitrogens with two attached hydrogens (primary N) is 1. The predicted octanol–water partition coefficient (Wildman–Crippen LogP) is 2.30. The van der Waals surface area contributed by atoms with E-state index in [-0.39, 0.29) is 18.8 Å². The molecule has 0 bridgehead atoms. The molecule has 1 aliphatic heterocycles. The van der Waals surface area contributed by atoms with Gasteiger partial charge in [-0.25, -0.2) is 4.79 Å². The van der Waals surface area contributed by atoms with Crippen LogP contribution in [0.3, 0.4) is 0 Å². The number of primary amides is 1. The number of urea groups is 1. The number of carbonyl (C=O) groups excluding carboxylic acids is 3. The van der Waals surface area contributed by atoms with E-state index in [0.717, 1.165) is 10.5 Å². The Labute approximate surface area is 160 Å². The quantitative estimate of drug-likeness (QED) is 0.588. The van der Waals surface area contributed by atoms with Crippen molar-refractivity contribution in [1.29, 1.82) is 0 Å². The molecule has 3 N–H and O–H groups in total. The number of imide groups is 1. The average Bonchev–Trinajstić information content (AvgIpc) is 2.90. The Hall–Kier alpha value is -3.32. The van der Waals surface area contributed by atoms with E-state index in [1.807, 2.05) is 0 Å². The molecule has 0 saturated carbocycles. The second-order valence-electron chi connectivity index (χ2n) is 5.83. The van der Waals surface area contributed by atoms with E-state index in [0.29, 0.717) is 16.3 Å².